The van der Waals surface area contributed by atoms with Gasteiger partial charge in [0, 0.05) is 4.88 Å². The minimum Gasteiger partial charge on any atom is -0.490 e. The highest BCUT2D eigenvalue weighted by molar-refractivity contribution is 7.10. The Labute approximate surface area is 93.6 Å². The Morgan fingerprint density at radius 1 is 1.07 bits per heavy atom. The SMILES string of the molecule is C(=C\c1cccs1)/COc1ccccc1. The van der Waals surface area contributed by atoms with E-state index in [-0.39, 0.29) is 0 Å². The maximum atomic E-state index is 5.52. The lowest BCUT2D eigenvalue weighted by Crippen LogP contribution is -1.91. The van der Waals surface area contributed by atoms with Crippen molar-refractivity contribution in [3.8, 4) is 5.75 Å². The molecule has 15 heavy (non-hydrogen) atoms. The van der Waals surface area contributed by atoms with Crippen LogP contribution in [0.5, 0.6) is 5.75 Å². The van der Waals surface area contributed by atoms with Gasteiger partial charge in [0.15, 0.2) is 0 Å². The van der Waals surface area contributed by atoms with Crippen LogP contribution in [0.2, 0.25) is 0 Å². The normalized spacial score (nSPS) is 10.7. The molecule has 0 aliphatic rings. The van der Waals surface area contributed by atoms with Gasteiger partial charge in [0.2, 0.25) is 0 Å². The van der Waals surface area contributed by atoms with Crippen LogP contribution >= 0.6 is 11.3 Å². The summed E-state index contributed by atoms with van der Waals surface area (Å²) in [6.45, 7) is 0.613. The van der Waals surface area contributed by atoms with Gasteiger partial charge in [-0.05, 0) is 35.7 Å². The molecule has 0 spiro atoms. The van der Waals surface area contributed by atoms with E-state index >= 15 is 0 Å². The maximum absolute atomic E-state index is 5.52. The van der Waals surface area contributed by atoms with E-state index in [0.717, 1.165) is 5.75 Å². The summed E-state index contributed by atoms with van der Waals surface area (Å²) in [5, 5.41) is 2.07. The fourth-order valence-electron chi connectivity index (χ4n) is 1.21. The zero-order valence-electron chi connectivity index (χ0n) is 8.30. The van der Waals surface area contributed by atoms with Gasteiger partial charge in [0.1, 0.15) is 12.4 Å². The summed E-state index contributed by atoms with van der Waals surface area (Å²) >= 11 is 1.73. The standard InChI is InChI=1S/C13H12OS/c1-2-6-12(7-3-1)14-10-4-8-13-9-5-11-15-13/h1-9,11H,10H2/b8-4+. The summed E-state index contributed by atoms with van der Waals surface area (Å²) in [5.41, 5.74) is 0. The van der Waals surface area contributed by atoms with Gasteiger partial charge >= 0.3 is 0 Å². The molecule has 0 fully saturated rings. The predicted octanol–water partition coefficient (Wildman–Crippen LogP) is 3.84. The Bertz CT molecular complexity index is 403. The van der Waals surface area contributed by atoms with Crippen molar-refractivity contribution in [2.24, 2.45) is 0 Å². The summed E-state index contributed by atoms with van der Waals surface area (Å²) in [5.74, 6) is 0.910. The summed E-state index contributed by atoms with van der Waals surface area (Å²) in [6.07, 6.45) is 4.10. The lowest BCUT2D eigenvalue weighted by atomic mass is 10.3. The quantitative estimate of drug-likeness (QED) is 0.754. The molecule has 0 bridgehead atoms. The molecule has 0 aliphatic carbocycles. The molecule has 0 unspecified atom stereocenters. The average Bonchev–Trinajstić information content (AvgIpc) is 2.79. The minimum absolute atomic E-state index is 0.613. The van der Waals surface area contributed by atoms with E-state index in [2.05, 4.69) is 17.5 Å². The van der Waals surface area contributed by atoms with Crippen LogP contribution in [0.1, 0.15) is 4.88 Å². The van der Waals surface area contributed by atoms with E-state index in [4.69, 9.17) is 4.74 Å². The molecule has 1 aromatic heterocycles. The Kier molecular flexibility index (Phi) is 3.58. The summed E-state index contributed by atoms with van der Waals surface area (Å²) in [6, 6.07) is 14.0. The largest absolute Gasteiger partial charge is 0.490 e. The third-order valence-corrected chi connectivity index (χ3v) is 2.75. The van der Waals surface area contributed by atoms with Crippen molar-refractivity contribution in [3.05, 3.63) is 58.8 Å². The molecule has 0 saturated heterocycles. The van der Waals surface area contributed by atoms with Crippen LogP contribution in [-0.2, 0) is 0 Å². The Balaban J connectivity index is 1.80. The molecule has 76 valence electrons. The topological polar surface area (TPSA) is 9.23 Å². The van der Waals surface area contributed by atoms with Crippen LogP contribution in [0.25, 0.3) is 6.08 Å². The number of hydrogen-bond donors (Lipinski definition) is 0. The van der Waals surface area contributed by atoms with E-state index in [1.165, 1.54) is 4.88 Å². The second kappa shape index (κ2) is 5.37. The molecule has 2 rings (SSSR count). The van der Waals surface area contributed by atoms with Gasteiger partial charge in [-0.1, -0.05) is 24.3 Å². The Hall–Kier alpha value is -1.54. The number of thiophene rings is 1. The second-order valence-corrected chi connectivity index (χ2v) is 4.02. The molecular weight excluding hydrogens is 204 g/mol. The summed E-state index contributed by atoms with van der Waals surface area (Å²) in [4.78, 5) is 1.26. The number of ether oxygens (including phenoxy) is 1. The van der Waals surface area contributed by atoms with Gasteiger partial charge in [-0.2, -0.15) is 0 Å². The van der Waals surface area contributed by atoms with Crippen molar-refractivity contribution in [1.29, 1.82) is 0 Å². The van der Waals surface area contributed by atoms with Crippen molar-refractivity contribution in [3.63, 3.8) is 0 Å². The molecule has 1 nitrogen and oxygen atoms in total. The molecule has 0 atom stereocenters. The lowest BCUT2D eigenvalue weighted by Gasteiger charge is -2.00. The average molecular weight is 216 g/mol. The molecule has 2 aromatic rings. The third-order valence-electron chi connectivity index (χ3n) is 1.91. The highest BCUT2D eigenvalue weighted by atomic mass is 32.1. The second-order valence-electron chi connectivity index (χ2n) is 3.04. The maximum Gasteiger partial charge on any atom is 0.119 e. The third kappa shape index (κ3) is 3.26. The van der Waals surface area contributed by atoms with Crippen LogP contribution in [0, 0.1) is 0 Å². The Morgan fingerprint density at radius 2 is 1.93 bits per heavy atom. The molecule has 1 heterocycles. The van der Waals surface area contributed by atoms with Gasteiger partial charge in [-0.15, -0.1) is 11.3 Å². The summed E-state index contributed by atoms with van der Waals surface area (Å²) in [7, 11) is 0. The fourth-order valence-corrected chi connectivity index (χ4v) is 1.86. The highest BCUT2D eigenvalue weighted by Gasteiger charge is 1.88. The van der Waals surface area contributed by atoms with Gasteiger partial charge in [-0.3, -0.25) is 0 Å². The zero-order valence-corrected chi connectivity index (χ0v) is 9.11. The van der Waals surface area contributed by atoms with Crippen LogP contribution in [0.15, 0.2) is 53.9 Å². The van der Waals surface area contributed by atoms with Gasteiger partial charge in [-0.25, -0.2) is 0 Å². The predicted molar refractivity (Wildman–Crippen MR) is 65.3 cm³/mol. The zero-order chi connectivity index (χ0) is 10.3. The molecule has 0 radical (unpaired) electrons. The smallest absolute Gasteiger partial charge is 0.119 e. The van der Waals surface area contributed by atoms with E-state index in [1.54, 1.807) is 11.3 Å². The van der Waals surface area contributed by atoms with Crippen molar-refractivity contribution in [2.45, 2.75) is 0 Å². The fraction of sp³-hybridized carbons (Fsp3) is 0.0769. The van der Waals surface area contributed by atoms with Gasteiger partial charge < -0.3 is 4.74 Å². The van der Waals surface area contributed by atoms with Crippen LogP contribution in [0.3, 0.4) is 0 Å². The molecule has 0 N–H and O–H groups in total. The highest BCUT2D eigenvalue weighted by Crippen LogP contribution is 2.11. The van der Waals surface area contributed by atoms with E-state index < -0.39 is 0 Å². The lowest BCUT2D eigenvalue weighted by molar-refractivity contribution is 0.363. The van der Waals surface area contributed by atoms with Crippen molar-refractivity contribution in [2.75, 3.05) is 6.61 Å². The van der Waals surface area contributed by atoms with Crippen LogP contribution < -0.4 is 4.74 Å². The number of benzene rings is 1. The van der Waals surface area contributed by atoms with E-state index in [1.807, 2.05) is 42.5 Å². The minimum atomic E-state index is 0.613. The van der Waals surface area contributed by atoms with E-state index in [9.17, 15) is 0 Å². The first kappa shape index (κ1) is 9.99. The van der Waals surface area contributed by atoms with Crippen LogP contribution in [-0.4, -0.2) is 6.61 Å². The summed E-state index contributed by atoms with van der Waals surface area (Å²) < 4.78 is 5.52. The molecule has 0 saturated carbocycles. The Morgan fingerprint density at radius 3 is 2.67 bits per heavy atom. The molecule has 1 aromatic carbocycles. The molecule has 0 amide bonds. The molecular formula is C13H12OS. The number of hydrogen-bond acceptors (Lipinski definition) is 2. The first-order chi connectivity index (χ1) is 7.45. The first-order valence-electron chi connectivity index (χ1n) is 4.83. The number of para-hydroxylation sites is 1. The molecule has 2 heteroatoms. The monoisotopic (exact) mass is 216 g/mol. The molecule has 0 aliphatic heterocycles. The van der Waals surface area contributed by atoms with E-state index in [0.29, 0.717) is 6.61 Å². The van der Waals surface area contributed by atoms with Gasteiger partial charge in [0.25, 0.3) is 0 Å². The first-order valence-corrected chi connectivity index (χ1v) is 5.71. The van der Waals surface area contributed by atoms with Crippen molar-refractivity contribution < 1.29 is 4.74 Å². The number of rotatable bonds is 4. The van der Waals surface area contributed by atoms with Crippen LogP contribution in [0.4, 0.5) is 0 Å². The van der Waals surface area contributed by atoms with Crippen molar-refractivity contribution in [1.82, 2.24) is 0 Å². The van der Waals surface area contributed by atoms with Gasteiger partial charge in [0.05, 0.1) is 0 Å². The van der Waals surface area contributed by atoms with Crippen molar-refractivity contribution >= 4 is 17.4 Å².